The van der Waals surface area contributed by atoms with Crippen molar-refractivity contribution >= 4 is 56.7 Å². The second kappa shape index (κ2) is 23.5. The van der Waals surface area contributed by atoms with Crippen LogP contribution in [-0.4, -0.2) is 78.2 Å². The number of carbonyl (C=O) groups is 6. The number of hydrogen-bond donors (Lipinski definition) is 6. The fourth-order valence-corrected chi connectivity index (χ4v) is 8.51. The van der Waals surface area contributed by atoms with Crippen LogP contribution in [0.4, 0.5) is 4.39 Å². The smallest absolute Gasteiger partial charge is 0.254 e. The molecule has 1 fully saturated rings. The second-order valence-corrected chi connectivity index (χ2v) is 17.3. The monoisotopic (exact) mass is 885 g/mol. The van der Waals surface area contributed by atoms with Gasteiger partial charge in [0.15, 0.2) is 17.7 Å². The maximum Gasteiger partial charge on any atom is 0.254 e. The molecule has 1 unspecified atom stereocenters. The van der Waals surface area contributed by atoms with Crippen molar-refractivity contribution < 1.29 is 38.3 Å². The van der Waals surface area contributed by atoms with Crippen LogP contribution in [-0.2, 0) is 48.0 Å². The van der Waals surface area contributed by atoms with Gasteiger partial charge in [-0.3, -0.25) is 28.8 Å². The van der Waals surface area contributed by atoms with Crippen molar-refractivity contribution in [2.45, 2.75) is 89.4 Å². The molecule has 12 nitrogen and oxygen atoms in total. The number of amides is 4. The molecular formula is C52H60FN5O7. The van der Waals surface area contributed by atoms with E-state index in [1.807, 2.05) is 84.9 Å². The minimum atomic E-state index is -1.65. The summed E-state index contributed by atoms with van der Waals surface area (Å²) < 4.78 is 13.3. The summed E-state index contributed by atoms with van der Waals surface area (Å²) in [6.45, 7) is 2.72. The average Bonchev–Trinajstić information content (AvgIpc) is 3.30. The highest BCUT2D eigenvalue weighted by Gasteiger charge is 2.33. The molecule has 1 heterocycles. The highest BCUT2D eigenvalue weighted by atomic mass is 19.1. The van der Waals surface area contributed by atoms with E-state index < -0.39 is 53.6 Å². The van der Waals surface area contributed by atoms with Gasteiger partial charge in [0.05, 0.1) is 12.1 Å². The topological polar surface area (TPSA) is 197 Å². The Balaban J connectivity index is 1.26. The molecule has 6 rings (SSSR count). The first kappa shape index (κ1) is 48.0. The van der Waals surface area contributed by atoms with E-state index in [1.165, 1.54) is 12.1 Å². The minimum Gasteiger partial charge on any atom is -0.508 e. The quantitative estimate of drug-likeness (QED) is 0.0431. The first-order valence-corrected chi connectivity index (χ1v) is 22.6. The number of ketones is 2. The highest BCUT2D eigenvalue weighted by Crippen LogP contribution is 2.24. The molecule has 1 aliphatic rings. The van der Waals surface area contributed by atoms with Crippen molar-refractivity contribution in [3.63, 3.8) is 0 Å². The summed E-state index contributed by atoms with van der Waals surface area (Å²) in [4.78, 5) is 81.8. The molecule has 0 bridgehead atoms. The Hall–Kier alpha value is -6.47. The summed E-state index contributed by atoms with van der Waals surface area (Å²) in [6, 6.07) is 31.7. The van der Waals surface area contributed by atoms with Crippen LogP contribution in [0.2, 0.25) is 0 Å². The zero-order chi connectivity index (χ0) is 46.3. The van der Waals surface area contributed by atoms with E-state index in [-0.39, 0.29) is 68.4 Å². The number of benzene rings is 5. The number of carbonyl (C=O) groups excluding carboxylic acids is 6. The van der Waals surface area contributed by atoms with Gasteiger partial charge in [0.1, 0.15) is 5.75 Å². The number of unbranched alkanes of at least 4 members (excludes halogenated alkanes) is 1. The number of piperidine rings is 1. The van der Waals surface area contributed by atoms with Crippen molar-refractivity contribution in [3.8, 4) is 5.75 Å². The van der Waals surface area contributed by atoms with E-state index in [1.54, 1.807) is 12.1 Å². The Labute approximate surface area is 379 Å². The van der Waals surface area contributed by atoms with Crippen molar-refractivity contribution in [3.05, 3.63) is 126 Å². The predicted octanol–water partition coefficient (Wildman–Crippen LogP) is 5.98. The molecule has 0 spiro atoms. The van der Waals surface area contributed by atoms with Gasteiger partial charge in [-0.2, -0.15) is 0 Å². The fraction of sp³-hybridized carbons (Fsp3) is 0.385. The normalized spacial score (nSPS) is 15.3. The van der Waals surface area contributed by atoms with Gasteiger partial charge in [-0.1, -0.05) is 103 Å². The Kier molecular flexibility index (Phi) is 17.3. The van der Waals surface area contributed by atoms with E-state index in [0.717, 1.165) is 39.6 Å². The molecule has 1 saturated heterocycles. The Morgan fingerprint density at radius 2 is 1.18 bits per heavy atom. The summed E-state index contributed by atoms with van der Waals surface area (Å²) in [6.07, 6.45) is 0.552. The number of fused-ring (bicyclic) bond motifs is 2. The zero-order valence-corrected chi connectivity index (χ0v) is 36.9. The third-order valence-electron chi connectivity index (χ3n) is 12.4. The van der Waals surface area contributed by atoms with Gasteiger partial charge >= 0.3 is 0 Å². The maximum atomic E-state index is 14.8. The summed E-state index contributed by atoms with van der Waals surface area (Å²) in [5, 5.41) is 25.8. The second-order valence-electron chi connectivity index (χ2n) is 17.3. The lowest BCUT2D eigenvalue weighted by atomic mass is 9.87. The summed E-state index contributed by atoms with van der Waals surface area (Å²) in [7, 11) is 0. The van der Waals surface area contributed by atoms with E-state index >= 15 is 0 Å². The Bertz CT molecular complexity index is 2450. The Morgan fingerprint density at radius 1 is 0.662 bits per heavy atom. The summed E-state index contributed by atoms with van der Waals surface area (Å²) in [5.74, 6) is -5.05. The molecular weight excluding hydrogens is 826 g/mol. The number of aromatic hydroxyl groups is 1. The number of rotatable bonds is 23. The number of phenolic OH excluding ortho intramolecular Hbond substituents is 1. The lowest BCUT2D eigenvalue weighted by molar-refractivity contribution is -0.134. The van der Waals surface area contributed by atoms with Gasteiger partial charge in [0.25, 0.3) is 5.91 Å². The Morgan fingerprint density at radius 3 is 1.77 bits per heavy atom. The molecule has 5 aromatic rings. The van der Waals surface area contributed by atoms with Crippen LogP contribution < -0.4 is 27.0 Å². The number of nitrogens with one attached hydrogen (secondary N) is 4. The largest absolute Gasteiger partial charge is 0.508 e. The van der Waals surface area contributed by atoms with Crippen LogP contribution in [0.25, 0.3) is 21.5 Å². The number of hydrogen-bond acceptors (Lipinski definition) is 8. The van der Waals surface area contributed by atoms with E-state index in [0.29, 0.717) is 44.3 Å². The van der Waals surface area contributed by atoms with Crippen LogP contribution in [0.15, 0.2) is 109 Å². The molecule has 0 saturated carbocycles. The number of nitrogens with two attached hydrogens (primary N) is 1. The molecule has 0 aliphatic carbocycles. The van der Waals surface area contributed by atoms with E-state index in [2.05, 4.69) is 21.3 Å². The van der Waals surface area contributed by atoms with E-state index in [4.69, 9.17) is 5.73 Å². The standard InChI is InChI=1S/C52H60FN5O7/c1-33(53)50(63)56-23-7-6-12-42(49(54)62)31-47(60)45(29-34-15-19-44(59)20-16-34)58-52(65)43(28-35-13-17-37-8-2-4-10-40(37)26-35)32-48(61)46(57-51(64)39-21-24-55-25-22-39)30-36-14-18-38-9-3-5-11-41(38)27-36/h2-5,8-11,13-20,26-27,33,39,42-43,45-46,55,59H,6-7,12,21-25,28-32H2,1H3,(H2,54,62)(H,56,63)(H,57,64)(H,58,65)/t33?,42-,43+,45+,46-/m1/s1. The predicted molar refractivity (Wildman–Crippen MR) is 249 cm³/mol. The van der Waals surface area contributed by atoms with Gasteiger partial charge in [0, 0.05) is 37.1 Å². The minimum absolute atomic E-state index is 0.0195. The molecule has 7 N–H and O–H groups in total. The van der Waals surface area contributed by atoms with Crippen LogP contribution in [0, 0.1) is 17.8 Å². The van der Waals surface area contributed by atoms with Gasteiger partial charge in [0.2, 0.25) is 17.7 Å². The summed E-state index contributed by atoms with van der Waals surface area (Å²) >= 11 is 0. The lowest BCUT2D eigenvalue weighted by Gasteiger charge is -2.27. The number of alkyl halides is 1. The molecule has 0 radical (unpaired) electrons. The third kappa shape index (κ3) is 14.3. The van der Waals surface area contributed by atoms with Crippen molar-refractivity contribution in [2.24, 2.45) is 23.5 Å². The van der Waals surface area contributed by atoms with Gasteiger partial charge in [-0.25, -0.2) is 4.39 Å². The van der Waals surface area contributed by atoms with Crippen molar-refractivity contribution in [1.82, 2.24) is 21.3 Å². The molecule has 13 heteroatoms. The number of halogens is 1. The molecule has 0 aromatic heterocycles. The van der Waals surface area contributed by atoms with Crippen molar-refractivity contribution in [2.75, 3.05) is 19.6 Å². The first-order valence-electron chi connectivity index (χ1n) is 22.6. The maximum absolute atomic E-state index is 14.8. The third-order valence-corrected chi connectivity index (χ3v) is 12.4. The fourth-order valence-electron chi connectivity index (χ4n) is 8.51. The molecule has 5 atom stereocenters. The van der Waals surface area contributed by atoms with Gasteiger partial charge < -0.3 is 32.1 Å². The molecule has 65 heavy (non-hydrogen) atoms. The molecule has 342 valence electrons. The van der Waals surface area contributed by atoms with Gasteiger partial charge in [-0.15, -0.1) is 0 Å². The summed E-state index contributed by atoms with van der Waals surface area (Å²) in [5.41, 5.74) is 8.07. The first-order chi connectivity index (χ1) is 31.3. The molecule has 5 aromatic carbocycles. The van der Waals surface area contributed by atoms with Crippen LogP contribution in [0.1, 0.15) is 68.6 Å². The van der Waals surface area contributed by atoms with Crippen molar-refractivity contribution in [1.29, 1.82) is 0 Å². The average molecular weight is 886 g/mol. The molecule has 1 aliphatic heterocycles. The van der Waals surface area contributed by atoms with Crippen LogP contribution in [0.3, 0.4) is 0 Å². The van der Waals surface area contributed by atoms with Crippen LogP contribution >= 0.6 is 0 Å². The van der Waals surface area contributed by atoms with E-state index in [9.17, 15) is 38.3 Å². The lowest BCUT2D eigenvalue weighted by Crippen LogP contribution is -2.49. The zero-order valence-electron chi connectivity index (χ0n) is 36.9. The highest BCUT2D eigenvalue weighted by molar-refractivity contribution is 5.96. The number of primary amides is 1. The molecule has 4 amide bonds. The number of phenols is 1. The van der Waals surface area contributed by atoms with Crippen LogP contribution in [0.5, 0.6) is 5.75 Å². The van der Waals surface area contributed by atoms with Gasteiger partial charge in [-0.05, 0) is 115 Å². The number of Topliss-reactive ketones (excluding diaryl/α,β-unsaturated/α-hetero) is 2. The SMILES string of the molecule is CC(F)C(=O)NCCCC[C@H](CC(=O)[C@H](Cc1ccc(O)cc1)NC(=O)[C@H](CC(=O)[C@@H](Cc1ccc2ccccc2c1)NC(=O)C1CCNCC1)Cc1ccc2ccccc2c1)C(N)=O.